The van der Waals surface area contributed by atoms with Crippen molar-refractivity contribution in [3.05, 3.63) is 65.2 Å². The second kappa shape index (κ2) is 8.02. The molecule has 0 radical (unpaired) electrons. The summed E-state index contributed by atoms with van der Waals surface area (Å²) in [5.41, 5.74) is 3.45. The van der Waals surface area contributed by atoms with Crippen LogP contribution in [-0.2, 0) is 16.6 Å². The predicted octanol–water partition coefficient (Wildman–Crippen LogP) is 2.93. The zero-order valence-corrected chi connectivity index (χ0v) is 15.4. The molecule has 2 aromatic carbocycles. The third kappa shape index (κ3) is 6.11. The van der Waals surface area contributed by atoms with Gasteiger partial charge in [0.05, 0.1) is 12.3 Å². The highest BCUT2D eigenvalue weighted by Gasteiger charge is 2.11. The molecule has 2 amide bonds. The minimum absolute atomic E-state index is 0.112. The molecular weight excluding hydrogens is 338 g/mol. The molecule has 3 N–H and O–H groups in total. The van der Waals surface area contributed by atoms with E-state index < -0.39 is 10.0 Å². The number of amides is 2. The Hall–Kier alpha value is -2.54. The molecule has 0 aliphatic rings. The molecule has 0 spiro atoms. The summed E-state index contributed by atoms with van der Waals surface area (Å²) in [6, 6.07) is 14.4. The molecule has 134 valence electrons. The average Bonchev–Trinajstić information content (AvgIpc) is 2.52. The van der Waals surface area contributed by atoms with E-state index in [-0.39, 0.29) is 12.1 Å². The van der Waals surface area contributed by atoms with Crippen molar-refractivity contribution in [1.29, 1.82) is 0 Å². The van der Waals surface area contributed by atoms with E-state index in [4.69, 9.17) is 0 Å². The van der Waals surface area contributed by atoms with Crippen LogP contribution in [-0.4, -0.2) is 20.7 Å². The fourth-order valence-electron chi connectivity index (χ4n) is 2.54. The van der Waals surface area contributed by atoms with Crippen molar-refractivity contribution in [2.45, 2.75) is 26.4 Å². The van der Waals surface area contributed by atoms with Gasteiger partial charge in [-0.15, -0.1) is 0 Å². The van der Waals surface area contributed by atoms with Crippen LogP contribution in [0.15, 0.2) is 48.5 Å². The van der Waals surface area contributed by atoms with Crippen LogP contribution in [0.1, 0.15) is 29.7 Å². The summed E-state index contributed by atoms with van der Waals surface area (Å²) in [4.78, 5) is 12.1. The van der Waals surface area contributed by atoms with Crippen LogP contribution in [0.4, 0.5) is 10.5 Å². The zero-order valence-electron chi connectivity index (χ0n) is 14.5. The van der Waals surface area contributed by atoms with Gasteiger partial charge >= 0.3 is 6.03 Å². The molecule has 2 rings (SSSR count). The molecule has 1 unspecified atom stereocenters. The van der Waals surface area contributed by atoms with Gasteiger partial charge in [-0.1, -0.05) is 36.4 Å². The van der Waals surface area contributed by atoms with Gasteiger partial charge in [0.25, 0.3) is 0 Å². The Kier molecular flexibility index (Phi) is 6.03. The van der Waals surface area contributed by atoms with E-state index in [0.29, 0.717) is 12.2 Å². The molecule has 0 aromatic heterocycles. The molecule has 0 aliphatic heterocycles. The number of aryl methyl sites for hydroxylation is 1. The Morgan fingerprint density at radius 2 is 1.84 bits per heavy atom. The van der Waals surface area contributed by atoms with Crippen LogP contribution < -0.4 is 15.4 Å². The summed E-state index contributed by atoms with van der Waals surface area (Å²) >= 11 is 0. The largest absolute Gasteiger partial charge is 0.334 e. The molecule has 0 bridgehead atoms. The van der Waals surface area contributed by atoms with Crippen LogP contribution >= 0.6 is 0 Å². The van der Waals surface area contributed by atoms with Gasteiger partial charge in [0.15, 0.2) is 0 Å². The highest BCUT2D eigenvalue weighted by molar-refractivity contribution is 7.92. The fourth-order valence-corrected chi connectivity index (χ4v) is 3.09. The molecule has 0 saturated heterocycles. The van der Waals surface area contributed by atoms with E-state index in [1.807, 2.05) is 44.2 Å². The maximum atomic E-state index is 12.1. The van der Waals surface area contributed by atoms with Crippen molar-refractivity contribution in [3.8, 4) is 0 Å². The van der Waals surface area contributed by atoms with E-state index in [1.54, 1.807) is 18.2 Å². The number of urea groups is 1. The second-order valence-electron chi connectivity index (χ2n) is 5.98. The van der Waals surface area contributed by atoms with Crippen molar-refractivity contribution in [2.75, 3.05) is 11.0 Å². The summed E-state index contributed by atoms with van der Waals surface area (Å²) in [5, 5.41) is 5.68. The summed E-state index contributed by atoms with van der Waals surface area (Å²) in [6.07, 6.45) is 1.10. The SMILES string of the molecule is Cc1ccccc1C(C)NC(=O)NCc1cccc(NS(C)(=O)=O)c1. The lowest BCUT2D eigenvalue weighted by Crippen LogP contribution is -2.36. The number of hydrogen-bond donors (Lipinski definition) is 3. The number of rotatable bonds is 6. The maximum absolute atomic E-state index is 12.1. The molecule has 7 heteroatoms. The third-order valence-corrected chi connectivity index (χ3v) is 4.29. The number of anilines is 1. The molecule has 6 nitrogen and oxygen atoms in total. The molecule has 0 aliphatic carbocycles. The first-order chi connectivity index (χ1) is 11.7. The van der Waals surface area contributed by atoms with Gasteiger partial charge in [-0.2, -0.15) is 0 Å². The van der Waals surface area contributed by atoms with Gasteiger partial charge < -0.3 is 10.6 Å². The topological polar surface area (TPSA) is 87.3 Å². The Bertz CT molecular complexity index is 850. The van der Waals surface area contributed by atoms with Gasteiger partial charge in [0.2, 0.25) is 10.0 Å². The van der Waals surface area contributed by atoms with Gasteiger partial charge in [-0.25, -0.2) is 13.2 Å². The van der Waals surface area contributed by atoms with Crippen molar-refractivity contribution in [1.82, 2.24) is 10.6 Å². The monoisotopic (exact) mass is 361 g/mol. The Balaban J connectivity index is 1.92. The molecule has 2 aromatic rings. The number of sulfonamides is 1. The van der Waals surface area contributed by atoms with E-state index in [0.717, 1.165) is 22.9 Å². The first kappa shape index (κ1) is 18.8. The van der Waals surface area contributed by atoms with Crippen molar-refractivity contribution >= 4 is 21.7 Å². The van der Waals surface area contributed by atoms with Gasteiger partial charge in [0.1, 0.15) is 0 Å². The zero-order chi connectivity index (χ0) is 18.4. The van der Waals surface area contributed by atoms with E-state index in [2.05, 4.69) is 15.4 Å². The second-order valence-corrected chi connectivity index (χ2v) is 7.73. The molecule has 0 fully saturated rings. The van der Waals surface area contributed by atoms with Gasteiger partial charge in [-0.3, -0.25) is 4.72 Å². The van der Waals surface area contributed by atoms with Crippen LogP contribution in [0, 0.1) is 6.92 Å². The first-order valence-corrected chi connectivity index (χ1v) is 9.80. The molecule has 25 heavy (non-hydrogen) atoms. The van der Waals surface area contributed by atoms with Crippen LogP contribution in [0.5, 0.6) is 0 Å². The lowest BCUT2D eigenvalue weighted by Gasteiger charge is -2.17. The lowest BCUT2D eigenvalue weighted by molar-refractivity contribution is 0.237. The van der Waals surface area contributed by atoms with Crippen LogP contribution in [0.3, 0.4) is 0 Å². The minimum atomic E-state index is -3.33. The number of nitrogens with one attached hydrogen (secondary N) is 3. The number of carbonyl (C=O) groups is 1. The Morgan fingerprint density at radius 1 is 1.12 bits per heavy atom. The molecule has 1 atom stereocenters. The quantitative estimate of drug-likeness (QED) is 0.739. The molecular formula is C18H23N3O3S. The Morgan fingerprint density at radius 3 is 2.52 bits per heavy atom. The number of carbonyl (C=O) groups excluding carboxylic acids is 1. The van der Waals surface area contributed by atoms with Crippen molar-refractivity contribution in [2.24, 2.45) is 0 Å². The predicted molar refractivity (Wildman–Crippen MR) is 99.9 cm³/mol. The number of hydrogen-bond acceptors (Lipinski definition) is 3. The third-order valence-electron chi connectivity index (χ3n) is 3.69. The maximum Gasteiger partial charge on any atom is 0.315 e. The smallest absolute Gasteiger partial charge is 0.315 e. The summed E-state index contributed by atoms with van der Waals surface area (Å²) in [5.74, 6) is 0. The summed E-state index contributed by atoms with van der Waals surface area (Å²) < 4.78 is 25.0. The van der Waals surface area contributed by atoms with Crippen LogP contribution in [0.25, 0.3) is 0 Å². The van der Waals surface area contributed by atoms with Crippen LogP contribution in [0.2, 0.25) is 0 Å². The average molecular weight is 361 g/mol. The van der Waals surface area contributed by atoms with Crippen molar-refractivity contribution < 1.29 is 13.2 Å². The fraction of sp³-hybridized carbons (Fsp3) is 0.278. The Labute approximate surface area is 148 Å². The van der Waals surface area contributed by atoms with Gasteiger partial charge in [0, 0.05) is 12.2 Å². The minimum Gasteiger partial charge on any atom is -0.334 e. The summed E-state index contributed by atoms with van der Waals surface area (Å²) in [7, 11) is -3.33. The van der Waals surface area contributed by atoms with Gasteiger partial charge in [-0.05, 0) is 42.7 Å². The molecule has 0 heterocycles. The lowest BCUT2D eigenvalue weighted by atomic mass is 10.0. The normalized spacial score (nSPS) is 12.3. The van der Waals surface area contributed by atoms with Crippen molar-refractivity contribution in [3.63, 3.8) is 0 Å². The van der Waals surface area contributed by atoms with E-state index in [9.17, 15) is 13.2 Å². The highest BCUT2D eigenvalue weighted by Crippen LogP contribution is 2.16. The summed E-state index contributed by atoms with van der Waals surface area (Å²) in [6.45, 7) is 4.23. The molecule has 0 saturated carbocycles. The number of benzene rings is 2. The van der Waals surface area contributed by atoms with E-state index in [1.165, 1.54) is 0 Å². The van der Waals surface area contributed by atoms with E-state index >= 15 is 0 Å². The standard InChI is InChI=1S/C18H23N3O3S/c1-13-7-4-5-10-17(13)14(2)20-18(22)19-12-15-8-6-9-16(11-15)21-25(3,23)24/h4-11,14,21H,12H2,1-3H3,(H2,19,20,22). The first-order valence-electron chi connectivity index (χ1n) is 7.91. The highest BCUT2D eigenvalue weighted by atomic mass is 32.2.